The van der Waals surface area contributed by atoms with Crippen LogP contribution in [0.15, 0.2) is 42.6 Å². The lowest BCUT2D eigenvalue weighted by Gasteiger charge is -2.19. The highest BCUT2D eigenvalue weighted by molar-refractivity contribution is 5.93. The first-order chi connectivity index (χ1) is 9.38. The third-order valence-electron chi connectivity index (χ3n) is 3.05. The van der Waals surface area contributed by atoms with Gasteiger partial charge in [0.15, 0.2) is 0 Å². The summed E-state index contributed by atoms with van der Waals surface area (Å²) in [4.78, 5) is 15.2. The Morgan fingerprint density at radius 1 is 1.15 bits per heavy atom. The Kier molecular flexibility index (Phi) is 3.74. The van der Waals surface area contributed by atoms with E-state index in [1.807, 2.05) is 24.3 Å². The number of aromatic carboxylic acids is 1. The number of carboxylic acid groups (broad SMARTS) is 1. The van der Waals surface area contributed by atoms with Crippen LogP contribution in [0.5, 0.6) is 0 Å². The number of nitrogens with one attached hydrogen (secondary N) is 1. The summed E-state index contributed by atoms with van der Waals surface area (Å²) in [5.74, 6) is -0.643. The Morgan fingerprint density at radius 3 is 2.35 bits per heavy atom. The number of anilines is 2. The molecule has 0 saturated heterocycles. The van der Waals surface area contributed by atoms with E-state index in [-0.39, 0.29) is 11.0 Å². The molecule has 20 heavy (non-hydrogen) atoms. The van der Waals surface area contributed by atoms with Gasteiger partial charge in [-0.15, -0.1) is 0 Å². The Morgan fingerprint density at radius 2 is 1.80 bits per heavy atom. The average molecular weight is 270 g/mol. The predicted octanol–water partition coefficient (Wildman–Crippen LogP) is 3.82. The van der Waals surface area contributed by atoms with Gasteiger partial charge in [0.1, 0.15) is 11.4 Å². The maximum atomic E-state index is 11.1. The molecule has 0 saturated carbocycles. The van der Waals surface area contributed by atoms with E-state index in [9.17, 15) is 4.79 Å². The fourth-order valence-corrected chi connectivity index (χ4v) is 1.87. The predicted molar refractivity (Wildman–Crippen MR) is 79.6 cm³/mol. The van der Waals surface area contributed by atoms with Gasteiger partial charge in [0.25, 0.3) is 0 Å². The quantitative estimate of drug-likeness (QED) is 0.890. The molecule has 1 aromatic carbocycles. The van der Waals surface area contributed by atoms with Crippen molar-refractivity contribution in [3.8, 4) is 0 Å². The summed E-state index contributed by atoms with van der Waals surface area (Å²) in [6.07, 6.45) is 1.57. The van der Waals surface area contributed by atoms with Crippen LogP contribution in [-0.4, -0.2) is 16.1 Å². The molecule has 4 nitrogen and oxygen atoms in total. The highest BCUT2D eigenvalue weighted by Gasteiger charge is 2.14. The lowest BCUT2D eigenvalue weighted by molar-refractivity contribution is 0.0697. The molecule has 0 atom stereocenters. The number of hydrogen-bond acceptors (Lipinski definition) is 3. The van der Waals surface area contributed by atoms with Gasteiger partial charge < -0.3 is 10.4 Å². The standard InChI is InChI=1S/C16H18N2O2/c1-16(2,3)11-6-8-12(9-7-11)18-14-13(15(19)20)5-4-10-17-14/h4-10H,1-3H3,(H,17,18)(H,19,20). The Balaban J connectivity index is 2.25. The van der Waals surface area contributed by atoms with Gasteiger partial charge in [0.2, 0.25) is 0 Å². The second-order valence-electron chi connectivity index (χ2n) is 5.66. The molecule has 0 aliphatic heterocycles. The summed E-state index contributed by atoms with van der Waals surface area (Å²) in [5, 5.41) is 12.2. The first kappa shape index (κ1) is 14.1. The van der Waals surface area contributed by atoms with E-state index in [0.29, 0.717) is 5.82 Å². The van der Waals surface area contributed by atoms with E-state index in [4.69, 9.17) is 5.11 Å². The average Bonchev–Trinajstić information content (AvgIpc) is 2.38. The SMILES string of the molecule is CC(C)(C)c1ccc(Nc2ncccc2C(=O)O)cc1. The van der Waals surface area contributed by atoms with Crippen molar-refractivity contribution in [2.45, 2.75) is 26.2 Å². The van der Waals surface area contributed by atoms with Crippen molar-refractivity contribution in [1.82, 2.24) is 4.98 Å². The highest BCUT2D eigenvalue weighted by atomic mass is 16.4. The number of aromatic nitrogens is 1. The maximum Gasteiger partial charge on any atom is 0.339 e. The zero-order chi connectivity index (χ0) is 14.8. The minimum Gasteiger partial charge on any atom is -0.478 e. The van der Waals surface area contributed by atoms with Gasteiger partial charge in [-0.3, -0.25) is 0 Å². The van der Waals surface area contributed by atoms with Crippen LogP contribution in [-0.2, 0) is 5.41 Å². The van der Waals surface area contributed by atoms with Gasteiger partial charge in [-0.1, -0.05) is 32.9 Å². The first-order valence-corrected chi connectivity index (χ1v) is 6.44. The maximum absolute atomic E-state index is 11.1. The summed E-state index contributed by atoms with van der Waals surface area (Å²) in [5.41, 5.74) is 2.30. The van der Waals surface area contributed by atoms with Crippen LogP contribution in [0.1, 0.15) is 36.7 Å². The molecule has 2 N–H and O–H groups in total. The molecule has 0 radical (unpaired) electrons. The Bertz CT molecular complexity index is 613. The first-order valence-electron chi connectivity index (χ1n) is 6.44. The minimum absolute atomic E-state index is 0.0930. The molecule has 104 valence electrons. The molecule has 0 fully saturated rings. The summed E-state index contributed by atoms with van der Waals surface area (Å²) >= 11 is 0. The molecular weight excluding hydrogens is 252 g/mol. The van der Waals surface area contributed by atoms with E-state index >= 15 is 0 Å². The van der Waals surface area contributed by atoms with Gasteiger partial charge in [-0.05, 0) is 35.2 Å². The minimum atomic E-state index is -0.994. The van der Waals surface area contributed by atoms with Gasteiger partial charge in [0, 0.05) is 11.9 Å². The zero-order valence-corrected chi connectivity index (χ0v) is 11.8. The molecule has 4 heteroatoms. The fourth-order valence-electron chi connectivity index (χ4n) is 1.87. The Labute approximate surface area is 118 Å². The monoisotopic (exact) mass is 270 g/mol. The molecule has 2 rings (SSSR count). The summed E-state index contributed by atoms with van der Waals surface area (Å²) in [7, 11) is 0. The van der Waals surface area contributed by atoms with Crippen LogP contribution >= 0.6 is 0 Å². The molecule has 0 aliphatic carbocycles. The van der Waals surface area contributed by atoms with E-state index in [1.165, 1.54) is 11.6 Å². The molecule has 0 unspecified atom stereocenters. The third kappa shape index (κ3) is 3.15. The second kappa shape index (κ2) is 5.33. The number of rotatable bonds is 3. The lowest BCUT2D eigenvalue weighted by atomic mass is 9.87. The smallest absolute Gasteiger partial charge is 0.339 e. The van der Waals surface area contributed by atoms with Gasteiger partial charge in [-0.25, -0.2) is 9.78 Å². The van der Waals surface area contributed by atoms with Crippen LogP contribution in [0.4, 0.5) is 11.5 Å². The second-order valence-corrected chi connectivity index (χ2v) is 5.66. The molecule has 0 spiro atoms. The Hall–Kier alpha value is -2.36. The van der Waals surface area contributed by atoms with Crippen molar-refractivity contribution < 1.29 is 9.90 Å². The van der Waals surface area contributed by atoms with Crippen LogP contribution in [0, 0.1) is 0 Å². The largest absolute Gasteiger partial charge is 0.478 e. The zero-order valence-electron chi connectivity index (χ0n) is 11.8. The summed E-state index contributed by atoms with van der Waals surface area (Å²) in [6, 6.07) is 11.1. The summed E-state index contributed by atoms with van der Waals surface area (Å²) < 4.78 is 0. The van der Waals surface area contributed by atoms with Crippen molar-refractivity contribution in [1.29, 1.82) is 0 Å². The van der Waals surface area contributed by atoms with Gasteiger partial charge >= 0.3 is 5.97 Å². The number of benzene rings is 1. The topological polar surface area (TPSA) is 62.2 Å². The normalized spacial score (nSPS) is 11.2. The number of nitrogens with zero attached hydrogens (tertiary/aromatic N) is 1. The number of pyridine rings is 1. The van der Waals surface area contributed by atoms with Crippen LogP contribution < -0.4 is 5.32 Å². The van der Waals surface area contributed by atoms with Crippen molar-refractivity contribution >= 4 is 17.5 Å². The molecule has 0 aliphatic rings. The van der Waals surface area contributed by atoms with Gasteiger partial charge in [0.05, 0.1) is 0 Å². The molecule has 1 aromatic heterocycles. The van der Waals surface area contributed by atoms with E-state index in [2.05, 4.69) is 31.1 Å². The van der Waals surface area contributed by atoms with E-state index in [1.54, 1.807) is 12.3 Å². The van der Waals surface area contributed by atoms with Crippen molar-refractivity contribution in [3.05, 3.63) is 53.7 Å². The van der Waals surface area contributed by atoms with Crippen molar-refractivity contribution in [3.63, 3.8) is 0 Å². The number of carbonyl (C=O) groups is 1. The fraction of sp³-hybridized carbons (Fsp3) is 0.250. The highest BCUT2D eigenvalue weighted by Crippen LogP contribution is 2.25. The molecule has 2 aromatic rings. The van der Waals surface area contributed by atoms with E-state index in [0.717, 1.165) is 5.69 Å². The molecule has 1 heterocycles. The van der Waals surface area contributed by atoms with E-state index < -0.39 is 5.97 Å². The number of hydrogen-bond donors (Lipinski definition) is 2. The molecular formula is C16H18N2O2. The van der Waals surface area contributed by atoms with Gasteiger partial charge in [-0.2, -0.15) is 0 Å². The van der Waals surface area contributed by atoms with Crippen LogP contribution in [0.3, 0.4) is 0 Å². The van der Waals surface area contributed by atoms with Crippen LogP contribution in [0.2, 0.25) is 0 Å². The van der Waals surface area contributed by atoms with Crippen LogP contribution in [0.25, 0.3) is 0 Å². The molecule has 0 bridgehead atoms. The molecule has 0 amide bonds. The number of carboxylic acids is 1. The van der Waals surface area contributed by atoms with Crippen molar-refractivity contribution in [2.24, 2.45) is 0 Å². The van der Waals surface area contributed by atoms with Crippen molar-refractivity contribution in [2.75, 3.05) is 5.32 Å². The third-order valence-corrected chi connectivity index (χ3v) is 3.05. The lowest BCUT2D eigenvalue weighted by Crippen LogP contribution is -2.10. The summed E-state index contributed by atoms with van der Waals surface area (Å²) in [6.45, 7) is 6.45.